The van der Waals surface area contributed by atoms with Crippen LogP contribution in [-0.4, -0.2) is 4.57 Å². The van der Waals surface area contributed by atoms with Gasteiger partial charge in [0.2, 0.25) is 0 Å². The van der Waals surface area contributed by atoms with Crippen molar-refractivity contribution in [1.29, 1.82) is 0 Å². The molecule has 0 bridgehead atoms. The Labute approximate surface area is 398 Å². The molecule has 9 aromatic rings. The van der Waals surface area contributed by atoms with E-state index in [1.54, 1.807) is 0 Å². The number of benzene rings is 8. The van der Waals surface area contributed by atoms with Crippen LogP contribution in [0.25, 0.3) is 49.8 Å². The molecule has 0 saturated carbocycles. The number of rotatable bonds is 8. The van der Waals surface area contributed by atoms with Gasteiger partial charge in [-0.3, -0.25) is 0 Å². The van der Waals surface area contributed by atoms with E-state index in [1.807, 2.05) is 0 Å². The van der Waals surface area contributed by atoms with E-state index < -0.39 is 0 Å². The van der Waals surface area contributed by atoms with Crippen molar-refractivity contribution in [2.45, 2.75) is 56.8 Å². The van der Waals surface area contributed by atoms with Gasteiger partial charge in [0.05, 0.1) is 27.9 Å². The number of fused-ring (bicyclic) bond motifs is 7. The first-order chi connectivity index (χ1) is 33.5. The van der Waals surface area contributed by atoms with Gasteiger partial charge in [-0.05, 0) is 125 Å². The Bertz CT molecular complexity index is 3720. The van der Waals surface area contributed by atoms with Gasteiger partial charge in [-0.1, -0.05) is 172 Å². The van der Waals surface area contributed by atoms with Crippen LogP contribution >= 0.6 is 0 Å². The lowest BCUT2D eigenvalue weighted by atomic mass is 9.70. The summed E-state index contributed by atoms with van der Waals surface area (Å²) in [6.45, 7) is 4.89. The van der Waals surface area contributed by atoms with Crippen molar-refractivity contribution in [3.05, 3.63) is 257 Å². The SMILES string of the molecule is CC1(C)C2=c3c(c4cc(C5C=CC(N(C6=CC=CCC6)c6cccc7ccccc67)=CC5)ccc4n3-c3ccccc31)=CC(c1ccc(N(c3ccccc3)c3cccc4ccccc34)cc1)C2. The quantitative estimate of drug-likeness (QED) is 0.151. The summed E-state index contributed by atoms with van der Waals surface area (Å²) in [5, 5.41) is 9.12. The van der Waals surface area contributed by atoms with E-state index >= 15 is 0 Å². The van der Waals surface area contributed by atoms with E-state index in [2.05, 4.69) is 253 Å². The smallest absolute Gasteiger partial charge is 0.0541 e. The summed E-state index contributed by atoms with van der Waals surface area (Å²) in [6, 6.07) is 67.5. The molecule has 13 rings (SSSR count). The molecule has 328 valence electrons. The molecule has 3 aliphatic carbocycles. The summed E-state index contributed by atoms with van der Waals surface area (Å²) in [5.41, 5.74) is 15.4. The van der Waals surface area contributed by atoms with Gasteiger partial charge in [-0.2, -0.15) is 0 Å². The number of para-hydroxylation sites is 2. The highest BCUT2D eigenvalue weighted by Crippen LogP contribution is 2.46. The summed E-state index contributed by atoms with van der Waals surface area (Å²) in [4.78, 5) is 4.91. The second-order valence-electron chi connectivity index (χ2n) is 19.5. The highest BCUT2D eigenvalue weighted by Gasteiger charge is 2.38. The third-order valence-electron chi connectivity index (χ3n) is 15.3. The highest BCUT2D eigenvalue weighted by atomic mass is 15.2. The molecule has 0 radical (unpaired) electrons. The zero-order valence-electron chi connectivity index (χ0n) is 38.7. The number of nitrogens with zero attached hydrogens (tertiary/aromatic N) is 3. The molecule has 2 atom stereocenters. The Morgan fingerprint density at radius 3 is 1.97 bits per heavy atom. The van der Waals surface area contributed by atoms with E-state index in [0.717, 1.165) is 37.1 Å². The van der Waals surface area contributed by atoms with Crippen LogP contribution in [-0.2, 0) is 5.41 Å². The lowest BCUT2D eigenvalue weighted by Gasteiger charge is -2.38. The van der Waals surface area contributed by atoms with Crippen molar-refractivity contribution in [3.8, 4) is 5.69 Å². The summed E-state index contributed by atoms with van der Waals surface area (Å²) in [5.74, 6) is 0.501. The van der Waals surface area contributed by atoms with Gasteiger partial charge < -0.3 is 14.4 Å². The average Bonchev–Trinajstić information content (AvgIpc) is 3.73. The maximum absolute atomic E-state index is 2.60. The molecular weight excluding hydrogens is 823 g/mol. The van der Waals surface area contributed by atoms with Crippen LogP contribution in [0.3, 0.4) is 0 Å². The molecule has 1 aliphatic heterocycles. The molecule has 0 saturated heterocycles. The maximum Gasteiger partial charge on any atom is 0.0541 e. The fourth-order valence-corrected chi connectivity index (χ4v) is 11.9. The Balaban J connectivity index is 0.900. The highest BCUT2D eigenvalue weighted by molar-refractivity contribution is 5.99. The normalized spacial score (nSPS) is 17.9. The Hall–Kier alpha value is -7.88. The average molecular weight is 876 g/mol. The molecule has 0 spiro atoms. The van der Waals surface area contributed by atoms with E-state index in [1.165, 1.54) is 93.7 Å². The zero-order valence-corrected chi connectivity index (χ0v) is 38.7. The molecule has 4 aliphatic rings. The number of aromatic nitrogens is 1. The third kappa shape index (κ3) is 6.55. The number of hydrogen-bond donors (Lipinski definition) is 0. The molecular formula is C65H53N3. The van der Waals surface area contributed by atoms with Crippen LogP contribution in [0, 0.1) is 0 Å². The Morgan fingerprint density at radius 1 is 0.588 bits per heavy atom. The lowest BCUT2D eigenvalue weighted by molar-refractivity contribution is 0.623. The standard InChI is InChI=1S/C65H53N3/c1-65(2)58-27-13-14-28-63(58)68-62-40-35-48(44-31-36-52(37-32-44)66(50-21-5-3-6-22-50)60-29-15-19-46-17-9-11-25-54(46)60)41-56(62)57-42-49(43-59(65)64(57)68)45-33-38-53(39-34-45)67(51-23-7-4-8-24-51)61-30-16-20-47-18-10-12-26-55(47)61/h3-5,7-21,23-31,33-42,44,49H,6,22,32,43H2,1-2H3. The number of anilines is 4. The largest absolute Gasteiger partial charge is 0.314 e. The van der Waals surface area contributed by atoms with Crippen molar-refractivity contribution in [2.24, 2.45) is 0 Å². The summed E-state index contributed by atoms with van der Waals surface area (Å²) in [7, 11) is 0. The van der Waals surface area contributed by atoms with Crippen LogP contribution in [0.2, 0.25) is 0 Å². The molecule has 3 nitrogen and oxygen atoms in total. The van der Waals surface area contributed by atoms with Crippen molar-refractivity contribution < 1.29 is 0 Å². The van der Waals surface area contributed by atoms with Crippen molar-refractivity contribution >= 4 is 66.8 Å². The Morgan fingerprint density at radius 2 is 1.25 bits per heavy atom. The van der Waals surface area contributed by atoms with Crippen LogP contribution in [0.1, 0.15) is 68.1 Å². The van der Waals surface area contributed by atoms with Gasteiger partial charge in [-0.15, -0.1) is 0 Å². The van der Waals surface area contributed by atoms with E-state index in [-0.39, 0.29) is 17.3 Å². The minimum absolute atomic E-state index is 0.129. The first-order valence-electron chi connectivity index (χ1n) is 24.4. The Kier molecular flexibility index (Phi) is 9.61. The lowest BCUT2D eigenvalue weighted by Crippen LogP contribution is -2.44. The number of hydrogen-bond acceptors (Lipinski definition) is 2. The molecule has 0 fully saturated rings. The van der Waals surface area contributed by atoms with Crippen LogP contribution in [0.5, 0.6) is 0 Å². The van der Waals surface area contributed by atoms with Crippen LogP contribution in [0.15, 0.2) is 230 Å². The topological polar surface area (TPSA) is 11.4 Å². The van der Waals surface area contributed by atoms with E-state index in [4.69, 9.17) is 0 Å². The van der Waals surface area contributed by atoms with Crippen LogP contribution in [0.4, 0.5) is 22.7 Å². The predicted octanol–water partition coefficient (Wildman–Crippen LogP) is 15.5. The maximum atomic E-state index is 2.60. The van der Waals surface area contributed by atoms with Gasteiger partial charge in [0, 0.05) is 61.4 Å². The van der Waals surface area contributed by atoms with Gasteiger partial charge >= 0.3 is 0 Å². The molecule has 3 heteroatoms. The molecule has 2 unspecified atom stereocenters. The minimum Gasteiger partial charge on any atom is -0.314 e. The van der Waals surface area contributed by atoms with Crippen molar-refractivity contribution in [2.75, 3.05) is 9.80 Å². The minimum atomic E-state index is -0.129. The van der Waals surface area contributed by atoms with Gasteiger partial charge in [0.1, 0.15) is 0 Å². The van der Waals surface area contributed by atoms with Gasteiger partial charge in [0.15, 0.2) is 0 Å². The molecule has 2 heterocycles. The van der Waals surface area contributed by atoms with Crippen molar-refractivity contribution in [3.63, 3.8) is 0 Å². The second kappa shape index (κ2) is 16.2. The molecule has 0 amide bonds. The summed E-state index contributed by atoms with van der Waals surface area (Å²) in [6.07, 6.45) is 20.7. The predicted molar refractivity (Wildman–Crippen MR) is 287 cm³/mol. The summed E-state index contributed by atoms with van der Waals surface area (Å²) >= 11 is 0. The molecule has 0 N–H and O–H groups in total. The molecule has 68 heavy (non-hydrogen) atoms. The van der Waals surface area contributed by atoms with Gasteiger partial charge in [-0.25, -0.2) is 0 Å². The molecule has 1 aromatic heterocycles. The fraction of sp³-hybridized carbons (Fsp3) is 0.138. The monoisotopic (exact) mass is 875 g/mol. The first-order valence-corrected chi connectivity index (χ1v) is 24.4. The van der Waals surface area contributed by atoms with Gasteiger partial charge in [0.25, 0.3) is 0 Å². The van der Waals surface area contributed by atoms with E-state index in [9.17, 15) is 0 Å². The fourth-order valence-electron chi connectivity index (χ4n) is 11.9. The zero-order chi connectivity index (χ0) is 45.3. The number of allylic oxidation sites excluding steroid dienone is 7. The van der Waals surface area contributed by atoms with E-state index in [0.29, 0.717) is 0 Å². The second-order valence-corrected chi connectivity index (χ2v) is 19.5. The first kappa shape index (κ1) is 40.4. The summed E-state index contributed by atoms with van der Waals surface area (Å²) < 4.78 is 2.59. The van der Waals surface area contributed by atoms with Crippen LogP contribution < -0.4 is 20.4 Å². The van der Waals surface area contributed by atoms with Crippen molar-refractivity contribution in [1.82, 2.24) is 4.57 Å². The molecule has 8 aromatic carbocycles. The third-order valence-corrected chi connectivity index (χ3v) is 15.3.